The van der Waals surface area contributed by atoms with Crippen molar-refractivity contribution >= 4 is 26.8 Å². The van der Waals surface area contributed by atoms with Crippen LogP contribution < -0.4 is 5.32 Å². The molecule has 0 radical (unpaired) electrons. The minimum atomic E-state index is 0.906. The van der Waals surface area contributed by atoms with E-state index in [4.69, 9.17) is 0 Å². The van der Waals surface area contributed by atoms with Gasteiger partial charge in [-0.3, -0.25) is 4.68 Å². The lowest BCUT2D eigenvalue weighted by atomic mass is 10.2. The van der Waals surface area contributed by atoms with Gasteiger partial charge in [0.05, 0.1) is 12.1 Å². The Morgan fingerprint density at radius 2 is 2.27 bits per heavy atom. The molecule has 0 unspecified atom stereocenters. The van der Waals surface area contributed by atoms with Crippen LogP contribution in [0.25, 0.3) is 10.9 Å². The Bertz CT molecular complexity index is 476. The Balaban J connectivity index is 2.50. The van der Waals surface area contributed by atoms with Crippen LogP contribution in [-0.4, -0.2) is 23.4 Å². The molecular formula is C11H14BrN3. The van der Waals surface area contributed by atoms with Crippen molar-refractivity contribution in [3.8, 4) is 0 Å². The van der Waals surface area contributed by atoms with E-state index < -0.39 is 0 Å². The van der Waals surface area contributed by atoms with Crippen LogP contribution >= 0.6 is 15.9 Å². The summed E-state index contributed by atoms with van der Waals surface area (Å²) in [6.45, 7) is 3.95. The summed E-state index contributed by atoms with van der Waals surface area (Å²) >= 11 is 3.56. The van der Waals surface area contributed by atoms with Crippen molar-refractivity contribution in [1.29, 1.82) is 0 Å². The number of hydrogen-bond donors (Lipinski definition) is 1. The maximum atomic E-state index is 4.56. The standard InChI is InChI=1S/C11H14BrN3/c1-8-11-9(12)4-3-5-10(11)14-15(8)7-6-13-2/h3-5,13H,6-7H2,1-2H3. The van der Waals surface area contributed by atoms with Crippen molar-refractivity contribution in [3.05, 3.63) is 28.4 Å². The summed E-state index contributed by atoms with van der Waals surface area (Å²) in [4.78, 5) is 0. The van der Waals surface area contributed by atoms with Crippen molar-refractivity contribution in [2.75, 3.05) is 13.6 Å². The molecule has 80 valence electrons. The monoisotopic (exact) mass is 267 g/mol. The highest BCUT2D eigenvalue weighted by Gasteiger charge is 2.08. The van der Waals surface area contributed by atoms with Gasteiger partial charge in [0.1, 0.15) is 0 Å². The van der Waals surface area contributed by atoms with Crippen LogP contribution in [0.4, 0.5) is 0 Å². The van der Waals surface area contributed by atoms with Crippen LogP contribution in [0.1, 0.15) is 5.69 Å². The zero-order chi connectivity index (χ0) is 10.8. The quantitative estimate of drug-likeness (QED) is 0.925. The minimum Gasteiger partial charge on any atom is -0.318 e. The largest absolute Gasteiger partial charge is 0.318 e. The number of aromatic nitrogens is 2. The second-order valence-electron chi connectivity index (χ2n) is 3.55. The molecule has 0 aliphatic rings. The Morgan fingerprint density at radius 1 is 1.47 bits per heavy atom. The third kappa shape index (κ3) is 1.92. The van der Waals surface area contributed by atoms with E-state index in [1.807, 2.05) is 23.9 Å². The van der Waals surface area contributed by atoms with Gasteiger partial charge in [0, 0.05) is 22.1 Å². The van der Waals surface area contributed by atoms with E-state index in [9.17, 15) is 0 Å². The second kappa shape index (κ2) is 4.33. The Hall–Kier alpha value is -0.870. The number of rotatable bonds is 3. The number of aryl methyl sites for hydroxylation is 1. The van der Waals surface area contributed by atoms with Gasteiger partial charge in [-0.05, 0) is 26.1 Å². The molecule has 15 heavy (non-hydrogen) atoms. The average molecular weight is 268 g/mol. The predicted octanol–water partition coefficient (Wildman–Crippen LogP) is 2.33. The third-order valence-corrected chi connectivity index (χ3v) is 3.20. The number of nitrogens with one attached hydrogen (secondary N) is 1. The Morgan fingerprint density at radius 3 is 2.93 bits per heavy atom. The fourth-order valence-electron chi connectivity index (χ4n) is 1.72. The number of nitrogens with zero attached hydrogens (tertiary/aromatic N) is 2. The van der Waals surface area contributed by atoms with Gasteiger partial charge < -0.3 is 5.32 Å². The molecule has 1 heterocycles. The van der Waals surface area contributed by atoms with E-state index >= 15 is 0 Å². The van der Waals surface area contributed by atoms with Crippen molar-refractivity contribution in [3.63, 3.8) is 0 Å². The molecule has 2 aromatic rings. The van der Waals surface area contributed by atoms with E-state index in [1.54, 1.807) is 0 Å². The van der Waals surface area contributed by atoms with Gasteiger partial charge in [-0.15, -0.1) is 0 Å². The first-order valence-corrected chi connectivity index (χ1v) is 5.79. The van der Waals surface area contributed by atoms with E-state index in [-0.39, 0.29) is 0 Å². The molecule has 0 aliphatic heterocycles. The molecular weight excluding hydrogens is 254 g/mol. The molecule has 3 nitrogen and oxygen atoms in total. The Labute approximate surface area is 97.6 Å². The van der Waals surface area contributed by atoms with Gasteiger partial charge in [-0.1, -0.05) is 22.0 Å². The van der Waals surface area contributed by atoms with Crippen LogP contribution in [0.3, 0.4) is 0 Å². The van der Waals surface area contributed by atoms with Crippen molar-refractivity contribution in [2.24, 2.45) is 0 Å². The highest BCUT2D eigenvalue weighted by molar-refractivity contribution is 9.10. The van der Waals surface area contributed by atoms with Crippen LogP contribution in [-0.2, 0) is 6.54 Å². The summed E-state index contributed by atoms with van der Waals surface area (Å²) in [6, 6.07) is 6.11. The number of likely N-dealkylation sites (N-methyl/N-ethyl adjacent to an activating group) is 1. The van der Waals surface area contributed by atoms with E-state index in [0.29, 0.717) is 0 Å². The molecule has 0 atom stereocenters. The molecule has 1 aromatic heterocycles. The normalized spacial score (nSPS) is 11.1. The highest BCUT2D eigenvalue weighted by Crippen LogP contribution is 2.26. The maximum absolute atomic E-state index is 4.56. The zero-order valence-corrected chi connectivity index (χ0v) is 10.5. The van der Waals surface area contributed by atoms with Gasteiger partial charge >= 0.3 is 0 Å². The molecule has 0 saturated carbocycles. The molecule has 0 fully saturated rings. The van der Waals surface area contributed by atoms with E-state index in [2.05, 4.69) is 39.3 Å². The van der Waals surface area contributed by atoms with E-state index in [0.717, 1.165) is 23.1 Å². The molecule has 0 spiro atoms. The molecule has 0 saturated heterocycles. The topological polar surface area (TPSA) is 29.9 Å². The average Bonchev–Trinajstić information content (AvgIpc) is 2.54. The van der Waals surface area contributed by atoms with E-state index in [1.165, 1.54) is 11.1 Å². The summed E-state index contributed by atoms with van der Waals surface area (Å²) in [7, 11) is 1.95. The lowest BCUT2D eigenvalue weighted by molar-refractivity contribution is 0.577. The first kappa shape index (κ1) is 10.6. The van der Waals surface area contributed by atoms with Crippen LogP contribution in [0.5, 0.6) is 0 Å². The molecule has 4 heteroatoms. The number of fused-ring (bicyclic) bond motifs is 1. The molecule has 0 amide bonds. The smallest absolute Gasteiger partial charge is 0.0937 e. The fourth-order valence-corrected chi connectivity index (χ4v) is 2.37. The first-order valence-electron chi connectivity index (χ1n) is 5.00. The second-order valence-corrected chi connectivity index (χ2v) is 4.40. The van der Waals surface area contributed by atoms with Crippen LogP contribution in [0.2, 0.25) is 0 Å². The summed E-state index contributed by atoms with van der Waals surface area (Å²) < 4.78 is 3.17. The predicted molar refractivity (Wildman–Crippen MR) is 66.1 cm³/mol. The molecule has 1 N–H and O–H groups in total. The van der Waals surface area contributed by atoms with Gasteiger partial charge in [0.25, 0.3) is 0 Å². The summed E-state index contributed by atoms with van der Waals surface area (Å²) in [6.07, 6.45) is 0. The summed E-state index contributed by atoms with van der Waals surface area (Å²) in [5.41, 5.74) is 2.27. The minimum absolute atomic E-state index is 0.906. The number of hydrogen-bond acceptors (Lipinski definition) is 2. The first-order chi connectivity index (χ1) is 7.24. The van der Waals surface area contributed by atoms with Gasteiger partial charge in [0.2, 0.25) is 0 Å². The molecule has 0 aliphatic carbocycles. The lowest BCUT2D eigenvalue weighted by Gasteiger charge is -2.02. The molecule has 0 bridgehead atoms. The highest BCUT2D eigenvalue weighted by atomic mass is 79.9. The number of benzene rings is 1. The fraction of sp³-hybridized carbons (Fsp3) is 0.364. The van der Waals surface area contributed by atoms with Crippen LogP contribution in [0.15, 0.2) is 22.7 Å². The van der Waals surface area contributed by atoms with Crippen molar-refractivity contribution in [2.45, 2.75) is 13.5 Å². The van der Waals surface area contributed by atoms with Crippen molar-refractivity contribution < 1.29 is 0 Å². The summed E-state index contributed by atoms with van der Waals surface area (Å²) in [5.74, 6) is 0. The zero-order valence-electron chi connectivity index (χ0n) is 8.92. The third-order valence-electron chi connectivity index (χ3n) is 2.54. The Kier molecular flexibility index (Phi) is 3.07. The van der Waals surface area contributed by atoms with Gasteiger partial charge in [0.15, 0.2) is 0 Å². The number of halogens is 1. The summed E-state index contributed by atoms with van der Waals surface area (Å²) in [5, 5.41) is 8.90. The SMILES string of the molecule is CNCCn1nc2cccc(Br)c2c1C. The lowest BCUT2D eigenvalue weighted by Crippen LogP contribution is -2.16. The molecule has 1 aromatic carbocycles. The maximum Gasteiger partial charge on any atom is 0.0937 e. The van der Waals surface area contributed by atoms with Crippen molar-refractivity contribution in [1.82, 2.24) is 15.1 Å². The van der Waals surface area contributed by atoms with Gasteiger partial charge in [-0.25, -0.2) is 0 Å². The van der Waals surface area contributed by atoms with Crippen LogP contribution in [0, 0.1) is 6.92 Å². The van der Waals surface area contributed by atoms with Gasteiger partial charge in [-0.2, -0.15) is 5.10 Å². The molecule has 2 rings (SSSR count).